The molecule has 0 spiro atoms. The number of hydrogen-bond acceptors (Lipinski definition) is 8. The van der Waals surface area contributed by atoms with Crippen molar-refractivity contribution in [1.82, 2.24) is 0 Å². The van der Waals surface area contributed by atoms with Gasteiger partial charge in [0.2, 0.25) is 0 Å². The zero-order chi connectivity index (χ0) is 45.2. The Balaban J connectivity index is 1.26. The smallest absolute Gasteiger partial charge is 0.146 e. The van der Waals surface area contributed by atoms with Gasteiger partial charge in [0.05, 0.1) is 19.9 Å². The minimum Gasteiger partial charge on any atom is -0.192 e. The Morgan fingerprint density at radius 1 is 0.364 bits per heavy atom. The Morgan fingerprint density at radius 3 is 0.970 bits per heavy atom. The molecule has 9 aromatic rings. The fourth-order valence-corrected chi connectivity index (χ4v) is 14.8. The first kappa shape index (κ1) is 41.1. The Kier molecular flexibility index (Phi) is 10.0. The lowest BCUT2D eigenvalue weighted by Gasteiger charge is -2.35. The van der Waals surface area contributed by atoms with E-state index in [1.165, 1.54) is 88.1 Å². The van der Waals surface area contributed by atoms with Gasteiger partial charge in [0.15, 0.2) is 0 Å². The van der Waals surface area contributed by atoms with E-state index in [1.807, 2.05) is 46.9 Å². The first-order valence-corrected chi connectivity index (χ1v) is 24.6. The molecule has 0 aliphatic heterocycles. The third-order valence-electron chi connectivity index (χ3n) is 13.2. The van der Waals surface area contributed by atoms with Crippen LogP contribution in [0.3, 0.4) is 0 Å². The summed E-state index contributed by atoms with van der Waals surface area (Å²) in [6.45, 7) is 4.30. The topological polar surface area (TPSA) is 95.2 Å². The van der Waals surface area contributed by atoms with Gasteiger partial charge < -0.3 is 0 Å². The van der Waals surface area contributed by atoms with Gasteiger partial charge in [-0.3, -0.25) is 0 Å². The second-order valence-electron chi connectivity index (χ2n) is 16.4. The van der Waals surface area contributed by atoms with Crippen LogP contribution in [0.4, 0.5) is 0 Å². The molecule has 2 aliphatic rings. The number of nitriles is 4. The zero-order valence-corrected chi connectivity index (χ0v) is 38.9. The van der Waals surface area contributed by atoms with Crippen LogP contribution in [0.25, 0.3) is 43.2 Å². The standard InChI is InChI=1S/C58H34N4S4/c1-35(49-23-25-51(63-49)37(31-59)32-60)53-29-47-55(65-53)43-27-46-44(28-45(43)57(47,39-15-7-3-8-16-39)40-17-9-4-10-18-40)56-48(58(46,41-19-11-5-12-20-41)42-21-13-6-14-22-42)30-54(66-56)36(2)50-24-26-52(64-50)38(33-61)34-62/h3-30H,1-2H3/b49-35+,50-36+. The molecule has 4 heterocycles. The fraction of sp³-hybridized carbons (Fsp3) is 0.0690. The van der Waals surface area contributed by atoms with Crippen LogP contribution in [0.1, 0.15) is 68.1 Å². The summed E-state index contributed by atoms with van der Waals surface area (Å²) in [6, 6.07) is 69.5. The van der Waals surface area contributed by atoms with Crippen LogP contribution in [-0.4, -0.2) is 0 Å². The normalized spacial score (nSPS) is 14.3. The molecule has 5 aromatic carbocycles. The maximum atomic E-state index is 9.68. The van der Waals surface area contributed by atoms with Crippen molar-refractivity contribution in [2.75, 3.05) is 0 Å². The molecule has 0 bridgehead atoms. The summed E-state index contributed by atoms with van der Waals surface area (Å²) < 4.78 is 3.41. The molecule has 4 aromatic heterocycles. The lowest BCUT2D eigenvalue weighted by Crippen LogP contribution is -2.29. The van der Waals surface area contributed by atoms with Crippen LogP contribution in [0.15, 0.2) is 170 Å². The zero-order valence-electron chi connectivity index (χ0n) is 35.6. The lowest BCUT2D eigenvalue weighted by molar-refractivity contribution is 0.760. The van der Waals surface area contributed by atoms with E-state index >= 15 is 0 Å². The van der Waals surface area contributed by atoms with Crippen LogP contribution in [0, 0.1) is 45.3 Å². The number of fused-ring (bicyclic) bond motifs is 6. The van der Waals surface area contributed by atoms with Crippen LogP contribution in [0.2, 0.25) is 0 Å². The number of hydrogen-bond donors (Lipinski definition) is 0. The highest BCUT2D eigenvalue weighted by Gasteiger charge is 2.53. The second-order valence-corrected chi connectivity index (χ2v) is 20.7. The molecule has 0 saturated carbocycles. The molecule has 0 unspecified atom stereocenters. The molecule has 8 heteroatoms. The molecule has 0 N–H and O–H groups in total. The monoisotopic (exact) mass is 914 g/mol. The van der Waals surface area contributed by atoms with E-state index in [0.717, 1.165) is 30.0 Å². The fourth-order valence-electron chi connectivity index (χ4n) is 10.2. The number of nitrogens with zero attached hydrogens (tertiary/aromatic N) is 4. The van der Waals surface area contributed by atoms with Gasteiger partial charge in [-0.05, 0) is 129 Å². The van der Waals surface area contributed by atoms with Crippen LogP contribution >= 0.6 is 45.3 Å². The van der Waals surface area contributed by atoms with E-state index in [4.69, 9.17) is 0 Å². The first-order valence-electron chi connectivity index (χ1n) is 21.3. The van der Waals surface area contributed by atoms with E-state index in [-0.39, 0.29) is 11.1 Å². The first-order chi connectivity index (χ1) is 32.4. The van der Waals surface area contributed by atoms with E-state index in [0.29, 0.717) is 9.06 Å². The molecule has 11 rings (SSSR count). The van der Waals surface area contributed by atoms with Gasteiger partial charge in [0.1, 0.15) is 35.4 Å². The van der Waals surface area contributed by atoms with Crippen molar-refractivity contribution in [3.8, 4) is 45.2 Å². The molecular weight excluding hydrogens is 881 g/mol. The van der Waals surface area contributed by atoms with E-state index in [2.05, 4.69) is 184 Å². The van der Waals surface area contributed by atoms with Crippen molar-refractivity contribution < 1.29 is 0 Å². The highest BCUT2D eigenvalue weighted by Crippen LogP contribution is 2.65. The largest absolute Gasteiger partial charge is 0.192 e. The predicted molar refractivity (Wildman–Crippen MR) is 270 cm³/mol. The maximum absolute atomic E-state index is 9.68. The Labute approximate surface area is 398 Å². The maximum Gasteiger partial charge on any atom is 0.146 e. The van der Waals surface area contributed by atoms with Gasteiger partial charge in [-0.25, -0.2) is 0 Å². The molecule has 310 valence electrons. The third-order valence-corrected chi connectivity index (χ3v) is 18.2. The van der Waals surface area contributed by atoms with Crippen molar-refractivity contribution in [2.24, 2.45) is 0 Å². The van der Waals surface area contributed by atoms with Gasteiger partial charge in [-0.2, -0.15) is 21.0 Å². The number of rotatable bonds is 6. The van der Waals surface area contributed by atoms with E-state index in [1.54, 1.807) is 0 Å². The average Bonchev–Trinajstić information content (AvgIpc) is 4.24. The highest BCUT2D eigenvalue weighted by molar-refractivity contribution is 7.17. The average molecular weight is 915 g/mol. The molecule has 0 fully saturated rings. The molecule has 66 heavy (non-hydrogen) atoms. The molecule has 2 aliphatic carbocycles. The summed E-state index contributed by atoms with van der Waals surface area (Å²) in [5, 5.41) is 38.7. The predicted octanol–water partition coefficient (Wildman–Crippen LogP) is 11.5. The molecule has 4 nitrogen and oxygen atoms in total. The van der Waals surface area contributed by atoms with Gasteiger partial charge in [-0.15, -0.1) is 45.3 Å². The second kappa shape index (κ2) is 16.1. The Bertz CT molecular complexity index is 3510. The lowest BCUT2D eigenvalue weighted by atomic mass is 9.66. The SMILES string of the molecule is C/C(c1cc2c(s1)-c1cc3c(cc1C2(c1ccccc1)c1ccccc1)-c1sc(/C(C)=c2\ccc(=C(C#N)C#N)s2)cc1C3(c1ccccc1)c1ccccc1)=c1/ccc(=C(C#N)C#N)s1. The Morgan fingerprint density at radius 2 is 0.667 bits per heavy atom. The van der Waals surface area contributed by atoms with Crippen LogP contribution < -0.4 is 18.1 Å². The molecule has 0 radical (unpaired) electrons. The number of benzene rings is 5. The van der Waals surface area contributed by atoms with Gasteiger partial charge in [-0.1, -0.05) is 121 Å². The van der Waals surface area contributed by atoms with Crippen LogP contribution in [-0.2, 0) is 10.8 Å². The van der Waals surface area contributed by atoms with Crippen molar-refractivity contribution in [2.45, 2.75) is 24.7 Å². The summed E-state index contributed by atoms with van der Waals surface area (Å²) in [5.74, 6) is 0. The third kappa shape index (κ3) is 5.95. The van der Waals surface area contributed by atoms with Crippen molar-refractivity contribution in [3.63, 3.8) is 0 Å². The number of thiophene rings is 4. The summed E-state index contributed by atoms with van der Waals surface area (Å²) in [6.07, 6.45) is 0. The van der Waals surface area contributed by atoms with E-state index in [9.17, 15) is 21.0 Å². The van der Waals surface area contributed by atoms with Crippen molar-refractivity contribution >= 4 is 67.6 Å². The summed E-state index contributed by atoms with van der Waals surface area (Å²) >= 11 is 6.60. The molecule has 0 saturated heterocycles. The van der Waals surface area contributed by atoms with Crippen molar-refractivity contribution in [3.05, 3.63) is 242 Å². The van der Waals surface area contributed by atoms with Gasteiger partial charge >= 0.3 is 0 Å². The quantitative estimate of drug-likeness (QED) is 0.166. The van der Waals surface area contributed by atoms with Gasteiger partial charge in [0, 0.05) is 28.6 Å². The Hall–Kier alpha value is -7.66. The molecular formula is C58H34N4S4. The van der Waals surface area contributed by atoms with Crippen LogP contribution in [0.5, 0.6) is 0 Å². The molecule has 0 atom stereocenters. The summed E-state index contributed by atoms with van der Waals surface area (Å²) in [5.41, 5.74) is 13.3. The minimum absolute atomic E-state index is 0.126. The van der Waals surface area contributed by atoms with E-state index < -0.39 is 10.8 Å². The highest BCUT2D eigenvalue weighted by atomic mass is 32.1. The minimum atomic E-state index is -0.656. The van der Waals surface area contributed by atoms with Crippen molar-refractivity contribution in [1.29, 1.82) is 21.0 Å². The summed E-state index contributed by atoms with van der Waals surface area (Å²) in [4.78, 5) is 4.73. The van der Waals surface area contributed by atoms with Gasteiger partial charge in [0.25, 0.3) is 0 Å². The summed E-state index contributed by atoms with van der Waals surface area (Å²) in [7, 11) is 0. The molecule has 0 amide bonds.